The van der Waals surface area contributed by atoms with Crippen LogP contribution in [-0.2, 0) is 0 Å². The van der Waals surface area contributed by atoms with E-state index in [-0.39, 0.29) is 11.7 Å². The van der Waals surface area contributed by atoms with Crippen LogP contribution in [0.5, 0.6) is 5.75 Å². The van der Waals surface area contributed by atoms with Gasteiger partial charge in [0.15, 0.2) is 0 Å². The summed E-state index contributed by atoms with van der Waals surface area (Å²) in [6, 6.07) is 10.4. The molecule has 0 saturated heterocycles. The van der Waals surface area contributed by atoms with Crippen molar-refractivity contribution in [2.75, 3.05) is 11.1 Å². The number of hydrogen-bond donors (Lipinski definition) is 2. The van der Waals surface area contributed by atoms with Gasteiger partial charge < -0.3 is 15.8 Å². The van der Waals surface area contributed by atoms with Gasteiger partial charge in [0.05, 0.1) is 0 Å². The van der Waals surface area contributed by atoms with Crippen LogP contribution in [0.15, 0.2) is 46.9 Å². The number of alkyl halides is 2. The maximum atomic E-state index is 12.0. The molecule has 0 heterocycles. The van der Waals surface area contributed by atoms with Crippen LogP contribution < -0.4 is 15.8 Å². The van der Waals surface area contributed by atoms with Crippen molar-refractivity contribution in [2.45, 2.75) is 6.61 Å². The zero-order valence-corrected chi connectivity index (χ0v) is 12.2. The Morgan fingerprint density at radius 3 is 2.43 bits per heavy atom. The minimum atomic E-state index is -2.89. The summed E-state index contributed by atoms with van der Waals surface area (Å²) in [6.07, 6.45) is 0. The van der Waals surface area contributed by atoms with Crippen LogP contribution in [0.1, 0.15) is 10.4 Å². The van der Waals surface area contributed by atoms with Crippen molar-refractivity contribution < 1.29 is 18.3 Å². The zero-order chi connectivity index (χ0) is 15.4. The fourth-order valence-corrected chi connectivity index (χ4v) is 1.86. The average Bonchev–Trinajstić information content (AvgIpc) is 2.43. The molecule has 0 radical (unpaired) electrons. The molecule has 1 amide bonds. The minimum Gasteiger partial charge on any atom is -0.435 e. The normalized spacial score (nSPS) is 10.5. The van der Waals surface area contributed by atoms with Gasteiger partial charge in [-0.05, 0) is 58.4 Å². The molecule has 0 aliphatic heterocycles. The highest BCUT2D eigenvalue weighted by molar-refractivity contribution is 9.10. The number of anilines is 2. The number of hydrogen-bond acceptors (Lipinski definition) is 3. The summed E-state index contributed by atoms with van der Waals surface area (Å²) in [5, 5.41) is 2.66. The highest BCUT2D eigenvalue weighted by Gasteiger charge is 2.09. The van der Waals surface area contributed by atoms with Gasteiger partial charge in [0, 0.05) is 21.4 Å². The topological polar surface area (TPSA) is 64.3 Å². The van der Waals surface area contributed by atoms with Gasteiger partial charge in [-0.2, -0.15) is 8.78 Å². The first-order chi connectivity index (χ1) is 9.95. The van der Waals surface area contributed by atoms with Gasteiger partial charge in [-0.1, -0.05) is 0 Å². The Bertz CT molecular complexity index is 648. The van der Waals surface area contributed by atoms with Crippen LogP contribution in [0, 0.1) is 0 Å². The second-order valence-electron chi connectivity index (χ2n) is 4.09. The number of nitrogens with two attached hydrogens (primary N) is 1. The summed E-state index contributed by atoms with van der Waals surface area (Å²) in [5.74, 6) is -0.380. The van der Waals surface area contributed by atoms with E-state index >= 15 is 0 Å². The van der Waals surface area contributed by atoms with Crippen molar-refractivity contribution in [3.05, 3.63) is 52.5 Å². The molecule has 2 rings (SSSR count). The SMILES string of the molecule is Nc1cc(NC(=O)c2ccc(OC(F)F)cc2)ccc1Br. The Balaban J connectivity index is 2.07. The molecule has 4 nitrogen and oxygen atoms in total. The largest absolute Gasteiger partial charge is 0.435 e. The number of nitrogen functional groups attached to an aromatic ring is 1. The fraction of sp³-hybridized carbons (Fsp3) is 0.0714. The number of carbonyl (C=O) groups excluding carboxylic acids is 1. The highest BCUT2D eigenvalue weighted by atomic mass is 79.9. The molecule has 3 N–H and O–H groups in total. The van der Waals surface area contributed by atoms with Gasteiger partial charge >= 0.3 is 6.61 Å². The molecule has 21 heavy (non-hydrogen) atoms. The Kier molecular flexibility index (Phi) is 4.74. The number of benzene rings is 2. The molecule has 0 bridgehead atoms. The van der Waals surface area contributed by atoms with E-state index in [2.05, 4.69) is 26.0 Å². The van der Waals surface area contributed by atoms with Crippen molar-refractivity contribution in [2.24, 2.45) is 0 Å². The van der Waals surface area contributed by atoms with Gasteiger partial charge in [0.1, 0.15) is 5.75 Å². The molecule has 0 atom stereocenters. The van der Waals surface area contributed by atoms with Crippen molar-refractivity contribution in [1.29, 1.82) is 0 Å². The Labute approximate surface area is 128 Å². The Hall–Kier alpha value is -2.15. The molecule has 0 aliphatic carbocycles. The number of halogens is 3. The van der Waals surface area contributed by atoms with E-state index in [1.807, 2.05) is 0 Å². The third-order valence-corrected chi connectivity index (χ3v) is 3.32. The fourth-order valence-electron chi connectivity index (χ4n) is 1.61. The monoisotopic (exact) mass is 356 g/mol. The van der Waals surface area contributed by atoms with Crippen molar-refractivity contribution in [1.82, 2.24) is 0 Å². The highest BCUT2D eigenvalue weighted by Crippen LogP contribution is 2.23. The second kappa shape index (κ2) is 6.53. The predicted octanol–water partition coefficient (Wildman–Crippen LogP) is 3.89. The minimum absolute atomic E-state index is 0.00515. The van der Waals surface area contributed by atoms with E-state index in [4.69, 9.17) is 5.73 Å². The van der Waals surface area contributed by atoms with Crippen molar-refractivity contribution in [3.63, 3.8) is 0 Å². The lowest BCUT2D eigenvalue weighted by Crippen LogP contribution is -2.12. The molecule has 2 aromatic rings. The van der Waals surface area contributed by atoms with Crippen LogP contribution >= 0.6 is 15.9 Å². The van der Waals surface area contributed by atoms with E-state index in [1.54, 1.807) is 18.2 Å². The predicted molar refractivity (Wildman–Crippen MR) is 79.6 cm³/mol. The van der Waals surface area contributed by atoms with Crippen LogP contribution in [0.3, 0.4) is 0 Å². The summed E-state index contributed by atoms with van der Waals surface area (Å²) < 4.78 is 29.0. The molecular formula is C14H11BrF2N2O2. The summed E-state index contributed by atoms with van der Waals surface area (Å²) in [4.78, 5) is 12.0. The standard InChI is InChI=1S/C14H11BrF2N2O2/c15-11-6-3-9(7-12(11)18)19-13(20)8-1-4-10(5-2-8)21-14(16)17/h1-7,14H,18H2,(H,19,20). The third kappa shape index (κ3) is 4.16. The molecule has 7 heteroatoms. The van der Waals surface area contributed by atoms with Gasteiger partial charge in [-0.3, -0.25) is 4.79 Å². The van der Waals surface area contributed by atoms with Crippen molar-refractivity contribution in [3.8, 4) is 5.75 Å². The Morgan fingerprint density at radius 2 is 1.86 bits per heavy atom. The first-order valence-electron chi connectivity index (χ1n) is 5.87. The molecule has 2 aromatic carbocycles. The molecular weight excluding hydrogens is 346 g/mol. The molecule has 0 unspecified atom stereocenters. The number of ether oxygens (including phenoxy) is 1. The first-order valence-corrected chi connectivity index (χ1v) is 6.66. The lowest BCUT2D eigenvalue weighted by Gasteiger charge is -2.08. The molecule has 0 aliphatic rings. The van der Waals surface area contributed by atoms with E-state index in [9.17, 15) is 13.6 Å². The van der Waals surface area contributed by atoms with E-state index in [1.165, 1.54) is 24.3 Å². The number of rotatable bonds is 4. The first kappa shape index (κ1) is 15.2. The quantitative estimate of drug-likeness (QED) is 0.817. The summed E-state index contributed by atoms with van der Waals surface area (Å²) in [5.41, 5.74) is 7.06. The van der Waals surface area contributed by atoms with Crippen LogP contribution in [0.2, 0.25) is 0 Å². The summed E-state index contributed by atoms with van der Waals surface area (Å²) >= 11 is 3.26. The van der Waals surface area contributed by atoms with Crippen molar-refractivity contribution >= 4 is 33.2 Å². The smallest absolute Gasteiger partial charge is 0.387 e. The van der Waals surface area contributed by atoms with Crippen LogP contribution in [-0.4, -0.2) is 12.5 Å². The van der Waals surface area contributed by atoms with Gasteiger partial charge in [-0.25, -0.2) is 0 Å². The van der Waals surface area contributed by atoms with E-state index < -0.39 is 6.61 Å². The molecule has 0 fully saturated rings. The number of carbonyl (C=O) groups is 1. The second-order valence-corrected chi connectivity index (χ2v) is 4.95. The average molecular weight is 357 g/mol. The number of amides is 1. The lowest BCUT2D eigenvalue weighted by atomic mass is 10.2. The van der Waals surface area contributed by atoms with Gasteiger partial charge in [0.2, 0.25) is 0 Å². The molecule has 110 valence electrons. The van der Waals surface area contributed by atoms with E-state index in [0.29, 0.717) is 16.9 Å². The maximum absolute atomic E-state index is 12.0. The number of nitrogens with one attached hydrogen (secondary N) is 1. The lowest BCUT2D eigenvalue weighted by molar-refractivity contribution is -0.0498. The summed E-state index contributed by atoms with van der Waals surface area (Å²) in [7, 11) is 0. The molecule has 0 saturated carbocycles. The third-order valence-electron chi connectivity index (χ3n) is 2.60. The summed E-state index contributed by atoms with van der Waals surface area (Å²) in [6.45, 7) is -2.89. The van der Waals surface area contributed by atoms with Crippen LogP contribution in [0.25, 0.3) is 0 Å². The van der Waals surface area contributed by atoms with E-state index in [0.717, 1.165) is 4.47 Å². The maximum Gasteiger partial charge on any atom is 0.387 e. The van der Waals surface area contributed by atoms with Crippen LogP contribution in [0.4, 0.5) is 20.2 Å². The zero-order valence-electron chi connectivity index (χ0n) is 10.6. The molecule has 0 spiro atoms. The molecule has 0 aromatic heterocycles. The van der Waals surface area contributed by atoms with Gasteiger partial charge in [0.25, 0.3) is 5.91 Å². The Morgan fingerprint density at radius 1 is 1.19 bits per heavy atom. The van der Waals surface area contributed by atoms with Gasteiger partial charge in [-0.15, -0.1) is 0 Å².